The zero-order chi connectivity index (χ0) is 23.7. The Kier molecular flexibility index (Phi) is 6.40. The smallest absolute Gasteiger partial charge is 0.317 e. The average molecular weight is 518 g/mol. The predicted octanol–water partition coefficient (Wildman–Crippen LogP) is 3.36. The highest BCUT2D eigenvalue weighted by Crippen LogP contribution is 2.32. The zero-order valence-corrected chi connectivity index (χ0v) is 20.5. The highest BCUT2D eigenvalue weighted by molar-refractivity contribution is 7.94. The summed E-state index contributed by atoms with van der Waals surface area (Å²) in [5.41, 5.74) is 2.04. The highest BCUT2D eigenvalue weighted by Gasteiger charge is 2.20. The number of benzene rings is 1. The first-order valence-corrected chi connectivity index (χ1v) is 13.8. The number of H-pyrrole nitrogens is 1. The molecule has 0 aliphatic carbocycles. The van der Waals surface area contributed by atoms with Gasteiger partial charge < -0.3 is 10.1 Å². The van der Waals surface area contributed by atoms with Crippen molar-refractivity contribution in [2.24, 2.45) is 0 Å². The standard InChI is InChI=1S/C22H23N5O4S3/c28-19(29)14-27-8-6-26(7-9-27)13-16-12-23-22(33-16)18-11-15-3-1-4-17(21(15)24-18)25-34(30,31)20-5-2-10-32-20/h1-5,10-12,24-25H,6-9,13-14H2,(H,28,29). The van der Waals surface area contributed by atoms with Crippen molar-refractivity contribution in [2.45, 2.75) is 10.8 Å². The second-order valence-electron chi connectivity index (χ2n) is 8.07. The molecule has 0 radical (unpaired) electrons. The fraction of sp³-hybridized carbons (Fsp3) is 0.273. The van der Waals surface area contributed by atoms with Gasteiger partial charge in [0.25, 0.3) is 10.0 Å². The molecule has 0 atom stereocenters. The summed E-state index contributed by atoms with van der Waals surface area (Å²) in [6.07, 6.45) is 1.87. The Morgan fingerprint density at radius 1 is 1.15 bits per heavy atom. The first-order chi connectivity index (χ1) is 16.4. The Hall–Kier alpha value is -2.77. The fourth-order valence-electron chi connectivity index (χ4n) is 3.99. The molecule has 0 saturated carbocycles. The van der Waals surface area contributed by atoms with E-state index in [1.807, 2.05) is 29.3 Å². The van der Waals surface area contributed by atoms with Gasteiger partial charge in [0, 0.05) is 49.2 Å². The number of aromatic nitrogens is 2. The first kappa shape index (κ1) is 23.0. The molecule has 0 spiro atoms. The number of nitrogens with zero attached hydrogens (tertiary/aromatic N) is 3. The van der Waals surface area contributed by atoms with E-state index in [2.05, 4.69) is 19.6 Å². The number of carboxylic acids is 1. The summed E-state index contributed by atoms with van der Waals surface area (Å²) in [6, 6.07) is 10.8. The van der Waals surface area contributed by atoms with Crippen molar-refractivity contribution < 1.29 is 18.3 Å². The number of anilines is 1. The Balaban J connectivity index is 1.30. The van der Waals surface area contributed by atoms with Gasteiger partial charge >= 0.3 is 5.97 Å². The molecule has 3 aromatic heterocycles. The van der Waals surface area contributed by atoms with Gasteiger partial charge in [0.05, 0.1) is 23.4 Å². The Labute approximate surface area is 204 Å². The summed E-state index contributed by atoms with van der Waals surface area (Å²) in [7, 11) is -3.65. The zero-order valence-electron chi connectivity index (χ0n) is 18.1. The minimum absolute atomic E-state index is 0.0877. The van der Waals surface area contributed by atoms with E-state index in [0.717, 1.165) is 53.7 Å². The molecule has 12 heteroatoms. The lowest BCUT2D eigenvalue weighted by Gasteiger charge is -2.33. The van der Waals surface area contributed by atoms with Gasteiger partial charge in [-0.1, -0.05) is 18.2 Å². The Morgan fingerprint density at radius 2 is 1.94 bits per heavy atom. The molecule has 0 unspecified atom stereocenters. The molecule has 5 rings (SSSR count). The normalized spacial score (nSPS) is 15.6. The number of sulfonamides is 1. The van der Waals surface area contributed by atoms with Gasteiger partial charge in [-0.2, -0.15) is 0 Å². The number of rotatable bonds is 8. The molecule has 4 heterocycles. The third kappa shape index (κ3) is 5.00. The molecule has 0 bridgehead atoms. The van der Waals surface area contributed by atoms with E-state index in [1.54, 1.807) is 34.9 Å². The maximum absolute atomic E-state index is 12.7. The lowest BCUT2D eigenvalue weighted by molar-refractivity contribution is -0.138. The maximum Gasteiger partial charge on any atom is 0.317 e. The van der Waals surface area contributed by atoms with Crippen LogP contribution in [-0.2, 0) is 21.4 Å². The van der Waals surface area contributed by atoms with E-state index < -0.39 is 16.0 Å². The quantitative estimate of drug-likeness (QED) is 0.328. The van der Waals surface area contributed by atoms with Crippen molar-refractivity contribution in [1.29, 1.82) is 0 Å². The van der Waals surface area contributed by atoms with Crippen LogP contribution in [0.4, 0.5) is 5.69 Å². The molecule has 4 aromatic rings. The van der Waals surface area contributed by atoms with E-state index in [1.165, 1.54) is 11.3 Å². The number of piperazine rings is 1. The van der Waals surface area contributed by atoms with Gasteiger partial charge in [-0.15, -0.1) is 22.7 Å². The lowest BCUT2D eigenvalue weighted by Crippen LogP contribution is -2.47. The third-order valence-electron chi connectivity index (χ3n) is 5.65. The van der Waals surface area contributed by atoms with E-state index in [0.29, 0.717) is 11.2 Å². The number of hydrogen-bond donors (Lipinski definition) is 3. The molecule has 178 valence electrons. The average Bonchev–Trinajstić information content (AvgIpc) is 3.55. The van der Waals surface area contributed by atoms with Gasteiger partial charge in [-0.25, -0.2) is 13.4 Å². The second kappa shape index (κ2) is 9.47. The van der Waals surface area contributed by atoms with Crippen LogP contribution in [0.3, 0.4) is 0 Å². The van der Waals surface area contributed by atoms with Crippen LogP contribution in [0.1, 0.15) is 4.88 Å². The SMILES string of the molecule is O=C(O)CN1CCN(Cc2cnc(-c3cc4cccc(NS(=O)(=O)c5cccs5)c4[nH]3)s2)CC1. The number of carbonyl (C=O) groups is 1. The van der Waals surface area contributed by atoms with Gasteiger partial charge in [-0.3, -0.25) is 19.3 Å². The number of hydrogen-bond acceptors (Lipinski definition) is 8. The molecule has 0 amide bonds. The number of carboxylic acid groups (broad SMARTS) is 1. The molecule has 34 heavy (non-hydrogen) atoms. The van der Waals surface area contributed by atoms with Crippen molar-refractivity contribution in [3.8, 4) is 10.7 Å². The lowest BCUT2D eigenvalue weighted by atomic mass is 10.2. The summed E-state index contributed by atoms with van der Waals surface area (Å²) in [5, 5.41) is 12.4. The Bertz CT molecular complexity index is 1400. The van der Waals surface area contributed by atoms with E-state index in [9.17, 15) is 13.2 Å². The molecule has 1 aliphatic rings. The molecule has 1 aromatic carbocycles. The summed E-state index contributed by atoms with van der Waals surface area (Å²) in [6.45, 7) is 3.98. The van der Waals surface area contributed by atoms with Crippen LogP contribution in [0.2, 0.25) is 0 Å². The van der Waals surface area contributed by atoms with Gasteiger partial charge in [-0.05, 0) is 23.6 Å². The number of para-hydroxylation sites is 1. The highest BCUT2D eigenvalue weighted by atomic mass is 32.2. The third-order valence-corrected chi connectivity index (χ3v) is 9.43. The number of thiazole rings is 1. The summed E-state index contributed by atoms with van der Waals surface area (Å²) in [4.78, 5) is 24.2. The first-order valence-electron chi connectivity index (χ1n) is 10.7. The summed E-state index contributed by atoms with van der Waals surface area (Å²) < 4.78 is 28.3. The molecule has 1 saturated heterocycles. The minimum atomic E-state index is -3.65. The van der Waals surface area contributed by atoms with Gasteiger partial charge in [0.1, 0.15) is 9.22 Å². The van der Waals surface area contributed by atoms with E-state index in [4.69, 9.17) is 5.11 Å². The summed E-state index contributed by atoms with van der Waals surface area (Å²) in [5.74, 6) is -0.790. The number of thiophene rings is 1. The molecular formula is C22H23N5O4S3. The summed E-state index contributed by atoms with van der Waals surface area (Å²) >= 11 is 2.77. The van der Waals surface area contributed by atoms with Crippen LogP contribution in [0.25, 0.3) is 21.6 Å². The molecular weight excluding hydrogens is 494 g/mol. The van der Waals surface area contributed by atoms with Crippen molar-refractivity contribution in [1.82, 2.24) is 19.8 Å². The largest absolute Gasteiger partial charge is 0.480 e. The van der Waals surface area contributed by atoms with Crippen LogP contribution in [0, 0.1) is 0 Å². The molecule has 1 aliphatic heterocycles. The van der Waals surface area contributed by atoms with E-state index >= 15 is 0 Å². The Morgan fingerprint density at radius 3 is 2.68 bits per heavy atom. The molecule has 3 N–H and O–H groups in total. The number of nitrogens with one attached hydrogen (secondary N) is 2. The van der Waals surface area contributed by atoms with Crippen LogP contribution >= 0.6 is 22.7 Å². The topological polar surface area (TPSA) is 119 Å². The van der Waals surface area contributed by atoms with Crippen molar-refractivity contribution in [3.63, 3.8) is 0 Å². The predicted molar refractivity (Wildman–Crippen MR) is 134 cm³/mol. The van der Waals surface area contributed by atoms with Crippen LogP contribution in [0.15, 0.2) is 52.2 Å². The molecule has 1 fully saturated rings. The van der Waals surface area contributed by atoms with Crippen LogP contribution in [0.5, 0.6) is 0 Å². The number of aromatic amines is 1. The second-order valence-corrected chi connectivity index (χ2v) is 12.0. The van der Waals surface area contributed by atoms with Gasteiger partial charge in [0.2, 0.25) is 0 Å². The number of fused-ring (bicyclic) bond motifs is 1. The van der Waals surface area contributed by atoms with Crippen LogP contribution in [-0.4, -0.2) is 72.0 Å². The maximum atomic E-state index is 12.7. The van der Waals surface area contributed by atoms with Crippen molar-refractivity contribution in [2.75, 3.05) is 37.4 Å². The van der Waals surface area contributed by atoms with Crippen molar-refractivity contribution in [3.05, 3.63) is 52.9 Å². The molecule has 9 nitrogen and oxygen atoms in total. The number of aliphatic carboxylic acids is 1. The monoisotopic (exact) mass is 517 g/mol. The van der Waals surface area contributed by atoms with Gasteiger partial charge in [0.15, 0.2) is 0 Å². The van der Waals surface area contributed by atoms with Crippen LogP contribution < -0.4 is 4.72 Å². The fourth-order valence-corrected chi connectivity index (χ4v) is 6.98. The van der Waals surface area contributed by atoms with E-state index in [-0.39, 0.29) is 10.8 Å². The minimum Gasteiger partial charge on any atom is -0.480 e. The van der Waals surface area contributed by atoms with Crippen molar-refractivity contribution >= 4 is 55.3 Å².